The predicted molar refractivity (Wildman–Crippen MR) is 103 cm³/mol. The van der Waals surface area contributed by atoms with Gasteiger partial charge in [0.1, 0.15) is 18.1 Å². The Hall–Kier alpha value is -2.49. The summed E-state index contributed by atoms with van der Waals surface area (Å²) in [4.78, 5) is 16.5. The number of aromatic nitrogens is 2. The molecule has 31 heavy (non-hydrogen) atoms. The lowest BCUT2D eigenvalue weighted by Gasteiger charge is -2.22. The first-order chi connectivity index (χ1) is 14.3. The number of alkyl halides is 4. The Kier molecular flexibility index (Phi) is 6.14. The molecule has 0 radical (unpaired) electrons. The molecule has 2 heterocycles. The Morgan fingerprint density at radius 3 is 2.45 bits per heavy atom. The van der Waals surface area contributed by atoms with E-state index in [0.29, 0.717) is 18.2 Å². The third-order valence-electron chi connectivity index (χ3n) is 5.23. The van der Waals surface area contributed by atoms with Crippen LogP contribution >= 0.6 is 0 Å². The maximum absolute atomic E-state index is 14.1. The highest BCUT2D eigenvalue weighted by Crippen LogP contribution is 2.30. The van der Waals surface area contributed by atoms with Gasteiger partial charge >= 0.3 is 6.18 Å². The lowest BCUT2D eigenvalue weighted by Crippen LogP contribution is -2.33. The van der Waals surface area contributed by atoms with E-state index >= 15 is 0 Å². The second-order valence-electron chi connectivity index (χ2n) is 8.57. The first-order valence-electron chi connectivity index (χ1n) is 9.78. The fourth-order valence-electron chi connectivity index (χ4n) is 3.57. The topological polar surface area (TPSA) is 48.5 Å². The Morgan fingerprint density at radius 1 is 1.23 bits per heavy atom. The maximum atomic E-state index is 14.1. The Labute approximate surface area is 176 Å². The van der Waals surface area contributed by atoms with Crippen molar-refractivity contribution in [3.05, 3.63) is 52.4 Å². The van der Waals surface area contributed by atoms with Crippen molar-refractivity contribution in [1.82, 2.24) is 9.36 Å². The van der Waals surface area contributed by atoms with Crippen molar-refractivity contribution in [3.63, 3.8) is 0 Å². The highest BCUT2D eigenvalue weighted by molar-refractivity contribution is 5.95. The Morgan fingerprint density at radius 2 is 1.90 bits per heavy atom. The first kappa shape index (κ1) is 23.2. The predicted octanol–water partition coefficient (Wildman–Crippen LogP) is 4.15. The summed E-state index contributed by atoms with van der Waals surface area (Å²) in [5.41, 5.74) is -1.49. The fourth-order valence-corrected chi connectivity index (χ4v) is 3.57. The van der Waals surface area contributed by atoms with E-state index in [4.69, 9.17) is 4.74 Å². The van der Waals surface area contributed by atoms with Crippen molar-refractivity contribution < 1.29 is 31.5 Å². The average molecular weight is 445 g/mol. The van der Waals surface area contributed by atoms with Crippen molar-refractivity contribution in [2.45, 2.75) is 57.6 Å². The number of hydrogen-bond donors (Lipinski definition) is 0. The lowest BCUT2D eigenvalue weighted by molar-refractivity contribution is -0.137. The summed E-state index contributed by atoms with van der Waals surface area (Å²) >= 11 is 0. The summed E-state index contributed by atoms with van der Waals surface area (Å²) in [7, 11) is 1.71. The van der Waals surface area contributed by atoms with Crippen molar-refractivity contribution in [3.8, 4) is 0 Å². The van der Waals surface area contributed by atoms with E-state index in [0.717, 1.165) is 5.69 Å². The molecule has 3 rings (SSSR count). The van der Waals surface area contributed by atoms with Crippen LogP contribution in [0.25, 0.3) is 0 Å². The summed E-state index contributed by atoms with van der Waals surface area (Å²) < 4.78 is 75.8. The van der Waals surface area contributed by atoms with Gasteiger partial charge in [0.15, 0.2) is 5.49 Å². The quantitative estimate of drug-likeness (QED) is 0.667. The maximum Gasteiger partial charge on any atom is 0.416 e. The molecule has 0 aliphatic carbocycles. The van der Waals surface area contributed by atoms with Gasteiger partial charge in [0.05, 0.1) is 24.3 Å². The minimum Gasteiger partial charge on any atom is -0.373 e. The van der Waals surface area contributed by atoms with E-state index < -0.39 is 41.3 Å². The lowest BCUT2D eigenvalue weighted by atomic mass is 9.92. The van der Waals surface area contributed by atoms with Crippen LogP contribution in [0.5, 0.6) is 0 Å². The molecule has 0 N–H and O–H groups in total. The SMILES string of the molecule is Cn1c(C(C)(C)C)cc(=NC(=O)c2cc(C(F)(F)F)ccc2F)n1C[C@H]1OCC[C@H]1F. The monoisotopic (exact) mass is 445 g/mol. The molecule has 0 bridgehead atoms. The van der Waals surface area contributed by atoms with Crippen molar-refractivity contribution >= 4 is 5.91 Å². The molecule has 10 heteroatoms. The third-order valence-corrected chi connectivity index (χ3v) is 5.23. The number of halogens is 5. The van der Waals surface area contributed by atoms with Crippen LogP contribution in [0.15, 0.2) is 29.3 Å². The first-order valence-corrected chi connectivity index (χ1v) is 9.78. The molecule has 1 aromatic carbocycles. The molecule has 1 saturated heterocycles. The molecular weight excluding hydrogens is 421 g/mol. The summed E-state index contributed by atoms with van der Waals surface area (Å²) in [5.74, 6) is -2.27. The van der Waals surface area contributed by atoms with E-state index in [2.05, 4.69) is 4.99 Å². The largest absolute Gasteiger partial charge is 0.416 e. The van der Waals surface area contributed by atoms with Crippen LogP contribution in [0.1, 0.15) is 48.8 Å². The van der Waals surface area contributed by atoms with Crippen LogP contribution in [0.2, 0.25) is 0 Å². The van der Waals surface area contributed by atoms with Gasteiger partial charge in [-0.15, -0.1) is 0 Å². The molecule has 1 aromatic heterocycles. The molecule has 2 aromatic rings. The van der Waals surface area contributed by atoms with Gasteiger partial charge in [-0.2, -0.15) is 18.2 Å². The summed E-state index contributed by atoms with van der Waals surface area (Å²) in [5, 5.41) is 0. The number of carbonyl (C=O) groups is 1. The van der Waals surface area contributed by atoms with Gasteiger partial charge in [0, 0.05) is 30.6 Å². The third kappa shape index (κ3) is 4.89. The highest BCUT2D eigenvalue weighted by Gasteiger charge is 2.33. The number of nitrogens with zero attached hydrogens (tertiary/aromatic N) is 3. The molecule has 5 nitrogen and oxygen atoms in total. The smallest absolute Gasteiger partial charge is 0.373 e. The minimum atomic E-state index is -4.73. The molecule has 1 amide bonds. The molecule has 0 spiro atoms. The summed E-state index contributed by atoms with van der Waals surface area (Å²) in [6.07, 6.45) is -6.42. The van der Waals surface area contributed by atoms with E-state index in [1.54, 1.807) is 17.8 Å². The van der Waals surface area contributed by atoms with Crippen LogP contribution in [0.4, 0.5) is 22.0 Å². The van der Waals surface area contributed by atoms with Gasteiger partial charge < -0.3 is 4.74 Å². The van der Waals surface area contributed by atoms with Gasteiger partial charge in [0.25, 0.3) is 5.91 Å². The van der Waals surface area contributed by atoms with E-state index in [9.17, 15) is 26.7 Å². The van der Waals surface area contributed by atoms with Crippen LogP contribution in [0, 0.1) is 5.82 Å². The minimum absolute atomic E-state index is 0.0466. The summed E-state index contributed by atoms with van der Waals surface area (Å²) in [6, 6.07) is 3.18. The second-order valence-corrected chi connectivity index (χ2v) is 8.57. The second kappa shape index (κ2) is 8.22. The van der Waals surface area contributed by atoms with Crippen molar-refractivity contribution in [2.24, 2.45) is 12.0 Å². The zero-order valence-corrected chi connectivity index (χ0v) is 17.6. The zero-order chi connectivity index (χ0) is 23.1. The van der Waals surface area contributed by atoms with E-state index in [1.165, 1.54) is 4.68 Å². The highest BCUT2D eigenvalue weighted by atomic mass is 19.4. The molecule has 2 atom stereocenters. The molecule has 1 aliphatic rings. The van der Waals surface area contributed by atoms with Gasteiger partial charge in [-0.1, -0.05) is 20.8 Å². The van der Waals surface area contributed by atoms with Gasteiger partial charge in [-0.25, -0.2) is 8.78 Å². The molecule has 1 aliphatic heterocycles. The van der Waals surface area contributed by atoms with Crippen LogP contribution in [-0.4, -0.2) is 34.2 Å². The normalized spacial score (nSPS) is 20.5. The van der Waals surface area contributed by atoms with Gasteiger partial charge in [0.2, 0.25) is 0 Å². The van der Waals surface area contributed by atoms with Crippen molar-refractivity contribution in [2.75, 3.05) is 6.61 Å². The Bertz CT molecular complexity index is 1050. The van der Waals surface area contributed by atoms with Gasteiger partial charge in [-0.05, 0) is 18.2 Å². The number of hydrogen-bond acceptors (Lipinski definition) is 2. The molecule has 0 unspecified atom stereocenters. The zero-order valence-electron chi connectivity index (χ0n) is 17.6. The number of rotatable bonds is 3. The summed E-state index contributed by atoms with van der Waals surface area (Å²) in [6.45, 7) is 6.09. The van der Waals surface area contributed by atoms with Crippen LogP contribution in [0.3, 0.4) is 0 Å². The van der Waals surface area contributed by atoms with Crippen molar-refractivity contribution in [1.29, 1.82) is 0 Å². The van der Waals surface area contributed by atoms with Crippen LogP contribution in [-0.2, 0) is 29.9 Å². The van der Waals surface area contributed by atoms with E-state index in [-0.39, 0.29) is 30.5 Å². The standard InChI is InChI=1S/C21H24F5N3O2/c1-20(2,3)17-10-18(29(28(17)4)11-16-15(23)7-8-31-16)27-19(30)13-9-12(21(24,25)26)5-6-14(13)22/h5-6,9-10,15-16H,7-8,11H2,1-4H3/t15-,16-/m1/s1. The molecular formula is C21H24F5N3O2. The number of ether oxygens (including phenoxy) is 1. The average Bonchev–Trinajstić information content (AvgIpc) is 3.19. The number of benzene rings is 1. The number of amides is 1. The Balaban J connectivity index is 2.10. The van der Waals surface area contributed by atoms with Gasteiger partial charge in [-0.3, -0.25) is 14.2 Å². The molecule has 170 valence electrons. The fraction of sp³-hybridized carbons (Fsp3) is 0.524. The number of carbonyl (C=O) groups excluding carboxylic acids is 1. The van der Waals surface area contributed by atoms with Crippen LogP contribution < -0.4 is 5.49 Å². The molecule has 1 fully saturated rings. The molecule has 0 saturated carbocycles. The van der Waals surface area contributed by atoms with E-state index in [1.807, 2.05) is 20.8 Å².